The van der Waals surface area contributed by atoms with E-state index in [1.807, 2.05) is 0 Å². The van der Waals surface area contributed by atoms with Crippen LogP contribution >= 0.6 is 0 Å². The molecule has 1 heterocycles. The maximum Gasteiger partial charge on any atom is 0.308 e. The van der Waals surface area contributed by atoms with Gasteiger partial charge in [-0.05, 0) is 6.92 Å². The van der Waals surface area contributed by atoms with Crippen LogP contribution in [0.4, 0.5) is 0 Å². The van der Waals surface area contributed by atoms with E-state index in [1.165, 1.54) is 7.11 Å². The van der Waals surface area contributed by atoms with Crippen LogP contribution in [0.25, 0.3) is 0 Å². The van der Waals surface area contributed by atoms with E-state index in [1.54, 1.807) is 6.92 Å². The van der Waals surface area contributed by atoms with Crippen molar-refractivity contribution < 1.29 is 68.5 Å². The Hall–Kier alpha value is 0.792. The molecule has 5 nitrogen and oxygen atoms in total. The zero-order valence-corrected chi connectivity index (χ0v) is 14.2. The molecule has 0 aromatic heterocycles. The smallest absolute Gasteiger partial charge is 0.308 e. The molecule has 1 saturated carbocycles. The van der Waals surface area contributed by atoms with Crippen LogP contribution in [0, 0.1) is 44.1 Å². The second kappa shape index (κ2) is 4.81. The molecule has 0 aromatic rings. The first-order valence-corrected chi connectivity index (χ1v) is 5.06. The summed E-state index contributed by atoms with van der Waals surface area (Å²) in [5.74, 6) is -0.484. The third kappa shape index (κ3) is 2.32. The largest absolute Gasteiger partial charge is 0.469 e. The van der Waals surface area contributed by atoms with Gasteiger partial charge >= 0.3 is 5.97 Å². The summed E-state index contributed by atoms with van der Waals surface area (Å²) in [7, 11) is 1.28. The SMILES string of the molecule is COC(=O)C[C@]1(O)CC(O)CC2O[C@]21C.[Ac]. The molecule has 6 heteroatoms. The van der Waals surface area contributed by atoms with Crippen molar-refractivity contribution in [1.82, 2.24) is 0 Å². The molecule has 2 unspecified atom stereocenters. The van der Waals surface area contributed by atoms with Gasteiger partial charge in [-0.3, -0.25) is 4.79 Å². The number of esters is 1. The molecule has 1 aliphatic carbocycles. The van der Waals surface area contributed by atoms with Crippen LogP contribution in [0.3, 0.4) is 0 Å². The van der Waals surface area contributed by atoms with E-state index >= 15 is 0 Å². The van der Waals surface area contributed by atoms with Gasteiger partial charge in [0.2, 0.25) is 0 Å². The Labute approximate surface area is 130 Å². The Kier molecular flexibility index (Phi) is 4.47. The quantitative estimate of drug-likeness (QED) is 0.449. The molecule has 2 fully saturated rings. The predicted molar refractivity (Wildman–Crippen MR) is 50.1 cm³/mol. The fraction of sp³-hybridized carbons (Fsp3) is 0.900. The van der Waals surface area contributed by atoms with E-state index in [-0.39, 0.29) is 63.0 Å². The third-order valence-electron chi connectivity index (χ3n) is 3.59. The number of fused-ring (bicyclic) bond motifs is 1. The van der Waals surface area contributed by atoms with Crippen LogP contribution < -0.4 is 0 Å². The zero-order chi connectivity index (χ0) is 11.3. The summed E-state index contributed by atoms with van der Waals surface area (Å²) in [6, 6.07) is 0. The number of hydrogen-bond acceptors (Lipinski definition) is 5. The maximum atomic E-state index is 11.2. The Morgan fingerprint density at radius 3 is 2.81 bits per heavy atom. The molecule has 2 rings (SSSR count). The molecular formula is C10H16AcO5. The van der Waals surface area contributed by atoms with Crippen molar-refractivity contribution in [3.63, 3.8) is 0 Å². The molecule has 16 heavy (non-hydrogen) atoms. The van der Waals surface area contributed by atoms with Gasteiger partial charge in [0.1, 0.15) is 11.2 Å². The van der Waals surface area contributed by atoms with Gasteiger partial charge in [0, 0.05) is 56.9 Å². The summed E-state index contributed by atoms with van der Waals surface area (Å²) < 4.78 is 9.91. The van der Waals surface area contributed by atoms with Crippen LogP contribution in [0.15, 0.2) is 0 Å². The Morgan fingerprint density at radius 1 is 1.62 bits per heavy atom. The first-order valence-electron chi connectivity index (χ1n) is 5.06. The maximum absolute atomic E-state index is 11.2. The van der Waals surface area contributed by atoms with E-state index < -0.39 is 23.3 Å². The third-order valence-corrected chi connectivity index (χ3v) is 3.59. The predicted octanol–water partition coefficient (Wildman–Crippen LogP) is -0.407. The number of aliphatic hydroxyl groups excluding tert-OH is 1. The van der Waals surface area contributed by atoms with Crippen molar-refractivity contribution >= 4 is 5.97 Å². The average Bonchev–Trinajstić information content (AvgIpc) is 2.77. The van der Waals surface area contributed by atoms with Gasteiger partial charge in [-0.1, -0.05) is 0 Å². The summed E-state index contributed by atoms with van der Waals surface area (Å²) >= 11 is 0. The average molecular weight is 443 g/mol. The van der Waals surface area contributed by atoms with Crippen molar-refractivity contribution in [2.75, 3.05) is 7.11 Å². The topological polar surface area (TPSA) is 79.3 Å². The fourth-order valence-corrected chi connectivity index (χ4v) is 2.43. The molecular weight excluding hydrogens is 427 g/mol. The van der Waals surface area contributed by atoms with Gasteiger partial charge < -0.3 is 19.7 Å². The number of rotatable bonds is 2. The molecule has 1 saturated heterocycles. The van der Waals surface area contributed by atoms with Crippen LogP contribution in [0.1, 0.15) is 26.2 Å². The number of aliphatic hydroxyl groups is 2. The molecule has 2 aliphatic rings. The standard InChI is InChI=1S/C10H16O5.Ac/c1-9-7(15-9)3-6(11)4-10(9,13)5-8(12)14-2;/h6-7,11,13H,3-5H2,1-2H3;/t6?,7?,9-,10-;/m1./s1. The van der Waals surface area contributed by atoms with Crippen LogP contribution in [-0.4, -0.2) is 46.7 Å². The molecule has 4 atom stereocenters. The normalized spacial score (nSPS) is 45.2. The van der Waals surface area contributed by atoms with E-state index in [4.69, 9.17) is 4.74 Å². The number of carbonyl (C=O) groups excluding carboxylic acids is 1. The fourth-order valence-electron chi connectivity index (χ4n) is 2.43. The Bertz CT molecular complexity index is 297. The molecule has 2 N–H and O–H groups in total. The monoisotopic (exact) mass is 443 g/mol. The van der Waals surface area contributed by atoms with Crippen molar-refractivity contribution in [3.8, 4) is 0 Å². The molecule has 0 bridgehead atoms. The Balaban J connectivity index is 0.00000128. The van der Waals surface area contributed by atoms with Crippen LogP contribution in [-0.2, 0) is 14.3 Å². The molecule has 89 valence electrons. The molecule has 1 radical (unpaired) electrons. The summed E-state index contributed by atoms with van der Waals surface area (Å²) in [6.45, 7) is 1.77. The van der Waals surface area contributed by atoms with Crippen molar-refractivity contribution in [3.05, 3.63) is 0 Å². The number of epoxide rings is 1. The van der Waals surface area contributed by atoms with E-state index in [9.17, 15) is 15.0 Å². The molecule has 1 aliphatic heterocycles. The molecule has 0 aromatic carbocycles. The minimum Gasteiger partial charge on any atom is -0.469 e. The summed E-state index contributed by atoms with van der Waals surface area (Å²) in [5, 5.41) is 19.9. The van der Waals surface area contributed by atoms with Crippen molar-refractivity contribution in [2.45, 2.75) is 49.6 Å². The Morgan fingerprint density at radius 2 is 2.25 bits per heavy atom. The van der Waals surface area contributed by atoms with Gasteiger partial charge in [0.25, 0.3) is 0 Å². The van der Waals surface area contributed by atoms with E-state index in [0.717, 1.165) is 0 Å². The van der Waals surface area contributed by atoms with Gasteiger partial charge in [0.15, 0.2) is 0 Å². The second-order valence-electron chi connectivity index (χ2n) is 4.59. The van der Waals surface area contributed by atoms with Gasteiger partial charge in [-0.25, -0.2) is 0 Å². The minimum absolute atomic E-state index is 0. The minimum atomic E-state index is -1.30. The first-order chi connectivity index (χ1) is 6.91. The number of hydrogen-bond donors (Lipinski definition) is 2. The van der Waals surface area contributed by atoms with Crippen molar-refractivity contribution in [2.24, 2.45) is 0 Å². The summed E-state index contributed by atoms with van der Waals surface area (Å²) in [5.41, 5.74) is -2.00. The van der Waals surface area contributed by atoms with Gasteiger partial charge in [-0.15, -0.1) is 0 Å². The zero-order valence-electron chi connectivity index (χ0n) is 9.47. The number of carbonyl (C=O) groups is 1. The number of ether oxygens (including phenoxy) is 2. The van der Waals surface area contributed by atoms with Crippen LogP contribution in [0.5, 0.6) is 0 Å². The second-order valence-corrected chi connectivity index (χ2v) is 4.59. The summed E-state index contributed by atoms with van der Waals surface area (Å²) in [4.78, 5) is 11.2. The summed E-state index contributed by atoms with van der Waals surface area (Å²) in [6.07, 6.45) is -0.195. The molecule has 0 spiro atoms. The van der Waals surface area contributed by atoms with Crippen LogP contribution in [0.2, 0.25) is 0 Å². The van der Waals surface area contributed by atoms with E-state index in [2.05, 4.69) is 4.74 Å². The van der Waals surface area contributed by atoms with Gasteiger partial charge in [-0.2, -0.15) is 0 Å². The van der Waals surface area contributed by atoms with E-state index in [0.29, 0.717) is 6.42 Å². The number of methoxy groups -OCH3 is 1. The van der Waals surface area contributed by atoms with Crippen molar-refractivity contribution in [1.29, 1.82) is 0 Å². The first kappa shape index (κ1) is 14.9. The molecule has 0 amide bonds. The van der Waals surface area contributed by atoms with Gasteiger partial charge in [0.05, 0.1) is 25.7 Å².